The smallest absolute Gasteiger partial charge is 0.291 e. The van der Waals surface area contributed by atoms with E-state index in [0.29, 0.717) is 24.8 Å². The molecule has 2 N–H and O–H groups in total. The number of hydrogen-bond donors (Lipinski definition) is 2. The van der Waals surface area contributed by atoms with Crippen molar-refractivity contribution in [1.82, 2.24) is 10.2 Å². The van der Waals surface area contributed by atoms with E-state index in [-0.39, 0.29) is 17.6 Å². The van der Waals surface area contributed by atoms with E-state index in [9.17, 15) is 9.59 Å². The van der Waals surface area contributed by atoms with Crippen molar-refractivity contribution in [2.24, 2.45) is 0 Å². The zero-order valence-corrected chi connectivity index (χ0v) is 14.2. The molecule has 0 unspecified atom stereocenters. The lowest BCUT2D eigenvalue weighted by Crippen LogP contribution is -2.38. The lowest BCUT2D eigenvalue weighted by atomic mass is 10.2. The molecule has 1 aromatic heterocycles. The Bertz CT molecular complexity index is 681. The van der Waals surface area contributed by atoms with Crippen molar-refractivity contribution >= 4 is 17.5 Å². The zero-order valence-electron chi connectivity index (χ0n) is 14.2. The van der Waals surface area contributed by atoms with Crippen LogP contribution >= 0.6 is 0 Å². The minimum atomic E-state index is -0.306. The quantitative estimate of drug-likeness (QED) is 0.818. The Hall–Kier alpha value is -2.60. The molecule has 1 aromatic carbocycles. The molecule has 0 aliphatic heterocycles. The molecule has 0 aliphatic carbocycles. The van der Waals surface area contributed by atoms with Gasteiger partial charge >= 0.3 is 0 Å². The summed E-state index contributed by atoms with van der Waals surface area (Å²) in [7, 11) is 1.91. The second-order valence-electron chi connectivity index (χ2n) is 5.92. The van der Waals surface area contributed by atoms with Gasteiger partial charge in [-0.2, -0.15) is 0 Å². The van der Waals surface area contributed by atoms with Gasteiger partial charge in [-0.15, -0.1) is 0 Å². The largest absolute Gasteiger partial charge is 0.459 e. The van der Waals surface area contributed by atoms with Crippen molar-refractivity contribution in [1.29, 1.82) is 0 Å². The highest BCUT2D eigenvalue weighted by Gasteiger charge is 2.10. The third kappa shape index (κ3) is 5.24. The average molecular weight is 329 g/mol. The van der Waals surface area contributed by atoms with Crippen LogP contribution in [0.4, 0.5) is 5.69 Å². The minimum absolute atomic E-state index is 0.0313. The van der Waals surface area contributed by atoms with Crippen molar-refractivity contribution in [2.45, 2.75) is 26.4 Å². The first-order valence-electron chi connectivity index (χ1n) is 7.86. The van der Waals surface area contributed by atoms with Gasteiger partial charge in [0.2, 0.25) is 5.91 Å². The van der Waals surface area contributed by atoms with E-state index < -0.39 is 0 Å². The van der Waals surface area contributed by atoms with Crippen LogP contribution in [0.15, 0.2) is 47.1 Å². The molecule has 24 heavy (non-hydrogen) atoms. The SMILES string of the molecule is CC(C)N(C)CC(=O)NCc1cccc(NC(=O)c2ccco2)c1. The average Bonchev–Trinajstić information content (AvgIpc) is 3.08. The number of nitrogens with zero attached hydrogens (tertiary/aromatic N) is 1. The Balaban J connectivity index is 1.88. The van der Waals surface area contributed by atoms with E-state index in [4.69, 9.17) is 4.42 Å². The molecule has 2 aromatic rings. The number of amides is 2. The van der Waals surface area contributed by atoms with Crippen LogP contribution in [-0.4, -0.2) is 36.3 Å². The van der Waals surface area contributed by atoms with Crippen LogP contribution in [-0.2, 0) is 11.3 Å². The molecule has 0 aliphatic rings. The Morgan fingerprint density at radius 2 is 2.00 bits per heavy atom. The van der Waals surface area contributed by atoms with Gasteiger partial charge in [-0.05, 0) is 50.7 Å². The van der Waals surface area contributed by atoms with Crippen molar-refractivity contribution in [3.63, 3.8) is 0 Å². The predicted octanol–water partition coefficient (Wildman–Crippen LogP) is 2.49. The summed E-state index contributed by atoms with van der Waals surface area (Å²) in [5, 5.41) is 5.65. The fraction of sp³-hybridized carbons (Fsp3) is 0.333. The molecule has 0 saturated carbocycles. The third-order valence-electron chi connectivity index (χ3n) is 3.69. The number of benzene rings is 1. The van der Waals surface area contributed by atoms with Crippen molar-refractivity contribution < 1.29 is 14.0 Å². The number of anilines is 1. The highest BCUT2D eigenvalue weighted by Crippen LogP contribution is 2.12. The fourth-order valence-electron chi connectivity index (χ4n) is 2.03. The molecular weight excluding hydrogens is 306 g/mol. The molecule has 6 heteroatoms. The van der Waals surface area contributed by atoms with Gasteiger partial charge in [0.15, 0.2) is 5.76 Å². The third-order valence-corrected chi connectivity index (χ3v) is 3.69. The van der Waals surface area contributed by atoms with Crippen LogP contribution in [0.1, 0.15) is 30.0 Å². The molecule has 0 spiro atoms. The van der Waals surface area contributed by atoms with Crippen LogP contribution in [0.2, 0.25) is 0 Å². The van der Waals surface area contributed by atoms with Gasteiger partial charge in [0.05, 0.1) is 12.8 Å². The number of furan rings is 1. The van der Waals surface area contributed by atoms with E-state index in [1.165, 1.54) is 6.26 Å². The molecule has 128 valence electrons. The standard InChI is InChI=1S/C18H23N3O3/c1-13(2)21(3)12-17(22)19-11-14-6-4-7-15(10-14)20-18(23)16-8-5-9-24-16/h4-10,13H,11-12H2,1-3H3,(H,19,22)(H,20,23). The predicted molar refractivity (Wildman–Crippen MR) is 92.7 cm³/mol. The molecule has 0 atom stereocenters. The molecular formula is C18H23N3O3. The van der Waals surface area contributed by atoms with Crippen LogP contribution in [0, 0.1) is 0 Å². The van der Waals surface area contributed by atoms with Crippen molar-refractivity contribution in [3.8, 4) is 0 Å². The molecule has 0 bridgehead atoms. The van der Waals surface area contributed by atoms with Gasteiger partial charge in [0.1, 0.15) is 0 Å². The summed E-state index contributed by atoms with van der Waals surface area (Å²) in [6.45, 7) is 4.85. The summed E-state index contributed by atoms with van der Waals surface area (Å²) >= 11 is 0. The van der Waals surface area contributed by atoms with Crippen LogP contribution in [0.5, 0.6) is 0 Å². The molecule has 2 rings (SSSR count). The van der Waals surface area contributed by atoms with Gasteiger partial charge < -0.3 is 15.1 Å². The van der Waals surface area contributed by atoms with E-state index in [0.717, 1.165) is 5.56 Å². The highest BCUT2D eigenvalue weighted by atomic mass is 16.3. The van der Waals surface area contributed by atoms with Gasteiger partial charge in [0.25, 0.3) is 5.91 Å². The second kappa shape index (κ2) is 8.31. The normalized spacial score (nSPS) is 10.9. The minimum Gasteiger partial charge on any atom is -0.459 e. The number of likely N-dealkylation sites (N-methyl/N-ethyl adjacent to an activating group) is 1. The molecule has 0 saturated heterocycles. The van der Waals surface area contributed by atoms with E-state index in [1.807, 2.05) is 44.0 Å². The first-order valence-corrected chi connectivity index (χ1v) is 7.86. The first kappa shape index (κ1) is 17.7. The van der Waals surface area contributed by atoms with Gasteiger partial charge in [0, 0.05) is 18.3 Å². The van der Waals surface area contributed by atoms with Gasteiger partial charge in [-0.25, -0.2) is 0 Å². The maximum Gasteiger partial charge on any atom is 0.291 e. The molecule has 0 radical (unpaired) electrons. The maximum absolute atomic E-state index is 12.0. The van der Waals surface area contributed by atoms with E-state index in [2.05, 4.69) is 10.6 Å². The van der Waals surface area contributed by atoms with Crippen LogP contribution in [0.25, 0.3) is 0 Å². The molecule has 0 fully saturated rings. The Kier molecular flexibility index (Phi) is 6.14. The van der Waals surface area contributed by atoms with E-state index in [1.54, 1.807) is 18.2 Å². The summed E-state index contributed by atoms with van der Waals surface area (Å²) in [4.78, 5) is 25.8. The molecule has 6 nitrogen and oxygen atoms in total. The Morgan fingerprint density at radius 1 is 1.21 bits per heavy atom. The van der Waals surface area contributed by atoms with Crippen molar-refractivity contribution in [2.75, 3.05) is 18.9 Å². The maximum atomic E-state index is 12.0. The number of nitrogens with one attached hydrogen (secondary N) is 2. The number of hydrogen-bond acceptors (Lipinski definition) is 4. The highest BCUT2D eigenvalue weighted by molar-refractivity contribution is 6.02. The summed E-state index contributed by atoms with van der Waals surface area (Å²) in [6.07, 6.45) is 1.45. The zero-order chi connectivity index (χ0) is 17.5. The Labute approximate surface area is 141 Å². The van der Waals surface area contributed by atoms with Gasteiger partial charge in [-0.3, -0.25) is 14.5 Å². The van der Waals surface area contributed by atoms with Crippen molar-refractivity contribution in [3.05, 3.63) is 54.0 Å². The summed E-state index contributed by atoms with van der Waals surface area (Å²) in [5.74, 6) is -0.0820. The number of carbonyl (C=O) groups is 2. The summed E-state index contributed by atoms with van der Waals surface area (Å²) in [5.41, 5.74) is 1.57. The number of carbonyl (C=O) groups excluding carboxylic acids is 2. The fourth-order valence-corrected chi connectivity index (χ4v) is 2.03. The number of rotatable bonds is 7. The molecule has 2 amide bonds. The lowest BCUT2D eigenvalue weighted by molar-refractivity contribution is -0.122. The summed E-state index contributed by atoms with van der Waals surface area (Å²) in [6, 6.07) is 10.9. The second-order valence-corrected chi connectivity index (χ2v) is 5.92. The topological polar surface area (TPSA) is 74.6 Å². The van der Waals surface area contributed by atoms with E-state index >= 15 is 0 Å². The monoisotopic (exact) mass is 329 g/mol. The summed E-state index contributed by atoms with van der Waals surface area (Å²) < 4.78 is 5.06. The van der Waals surface area contributed by atoms with Crippen LogP contribution < -0.4 is 10.6 Å². The molecule has 1 heterocycles. The lowest BCUT2D eigenvalue weighted by Gasteiger charge is -2.20. The Morgan fingerprint density at radius 3 is 2.67 bits per heavy atom. The van der Waals surface area contributed by atoms with Gasteiger partial charge in [-0.1, -0.05) is 12.1 Å². The van der Waals surface area contributed by atoms with Crippen LogP contribution in [0.3, 0.4) is 0 Å². The first-order chi connectivity index (χ1) is 11.5.